The van der Waals surface area contributed by atoms with Crippen LogP contribution in [0.25, 0.3) is 0 Å². The van der Waals surface area contributed by atoms with Gasteiger partial charge in [-0.25, -0.2) is 13.1 Å². The van der Waals surface area contributed by atoms with Gasteiger partial charge in [-0.2, -0.15) is 0 Å². The molecule has 0 spiro atoms. The summed E-state index contributed by atoms with van der Waals surface area (Å²) in [4.78, 5) is 0.276. The fourth-order valence-electron chi connectivity index (χ4n) is 2.28. The number of hydrogen-bond acceptors (Lipinski definition) is 4. The Kier molecular flexibility index (Phi) is 4.44. The molecule has 0 bridgehead atoms. The van der Waals surface area contributed by atoms with Crippen LogP contribution in [0.5, 0.6) is 0 Å². The Morgan fingerprint density at radius 3 is 2.21 bits per heavy atom. The van der Waals surface area contributed by atoms with Crippen molar-refractivity contribution in [1.82, 2.24) is 4.72 Å². The molecule has 0 saturated heterocycles. The van der Waals surface area contributed by atoms with E-state index < -0.39 is 10.0 Å². The van der Waals surface area contributed by atoms with Crippen molar-refractivity contribution < 1.29 is 13.5 Å². The van der Waals surface area contributed by atoms with Crippen molar-refractivity contribution in [3.05, 3.63) is 24.3 Å². The molecular weight excluding hydrogens is 264 g/mol. The summed E-state index contributed by atoms with van der Waals surface area (Å²) >= 11 is 0. The number of rotatable bonds is 4. The highest BCUT2D eigenvalue weighted by atomic mass is 32.2. The van der Waals surface area contributed by atoms with Gasteiger partial charge in [-0.15, -0.1) is 0 Å². The monoisotopic (exact) mass is 284 g/mol. The Labute approximate surface area is 114 Å². The van der Waals surface area contributed by atoms with Crippen LogP contribution in [0.15, 0.2) is 29.2 Å². The smallest absolute Gasteiger partial charge is 0.240 e. The number of aliphatic hydroxyl groups excluding tert-OH is 1. The minimum atomic E-state index is -3.46. The first-order valence-electron chi connectivity index (χ1n) is 6.49. The van der Waals surface area contributed by atoms with E-state index in [0.717, 1.165) is 5.69 Å². The Balaban J connectivity index is 2.05. The molecule has 0 heterocycles. The molecule has 1 aromatic rings. The van der Waals surface area contributed by atoms with Crippen LogP contribution in [0.4, 0.5) is 5.69 Å². The Morgan fingerprint density at radius 1 is 1.11 bits per heavy atom. The quantitative estimate of drug-likeness (QED) is 0.779. The normalized spacial score (nSPS) is 24.1. The molecule has 1 aliphatic rings. The molecule has 0 aromatic heterocycles. The average molecular weight is 284 g/mol. The molecule has 19 heavy (non-hydrogen) atoms. The van der Waals surface area contributed by atoms with E-state index in [9.17, 15) is 13.5 Å². The fourth-order valence-corrected chi connectivity index (χ4v) is 3.59. The van der Waals surface area contributed by atoms with Crippen LogP contribution in [-0.2, 0) is 10.0 Å². The molecule has 2 rings (SSSR count). The van der Waals surface area contributed by atoms with Gasteiger partial charge < -0.3 is 10.4 Å². The van der Waals surface area contributed by atoms with Crippen LogP contribution in [0.1, 0.15) is 25.7 Å². The standard InChI is InChI=1S/C13H20N2O3S/c1-14-10-4-8-13(9-5-10)19(17,18)15-11-2-6-12(16)7-3-11/h4-5,8-9,11-12,14-16H,2-3,6-7H2,1H3. The molecular formula is C13H20N2O3S. The predicted octanol–water partition coefficient (Wildman–Crippen LogP) is 1.31. The van der Waals surface area contributed by atoms with Gasteiger partial charge in [-0.05, 0) is 49.9 Å². The molecule has 0 amide bonds. The Bertz CT molecular complexity index is 505. The predicted molar refractivity (Wildman–Crippen MR) is 74.6 cm³/mol. The Hall–Kier alpha value is -1.11. The lowest BCUT2D eigenvalue weighted by molar-refractivity contribution is 0.120. The summed E-state index contributed by atoms with van der Waals surface area (Å²) in [6, 6.07) is 6.58. The highest BCUT2D eigenvalue weighted by Crippen LogP contribution is 2.21. The maximum atomic E-state index is 12.2. The minimum absolute atomic E-state index is 0.0719. The van der Waals surface area contributed by atoms with Crippen molar-refractivity contribution in [1.29, 1.82) is 0 Å². The number of nitrogens with one attached hydrogen (secondary N) is 2. The van der Waals surface area contributed by atoms with E-state index >= 15 is 0 Å². The molecule has 0 unspecified atom stereocenters. The number of benzene rings is 1. The zero-order chi connectivity index (χ0) is 13.9. The summed E-state index contributed by atoms with van der Waals surface area (Å²) < 4.78 is 27.1. The van der Waals surface area contributed by atoms with Crippen molar-refractivity contribution in [2.24, 2.45) is 0 Å². The van der Waals surface area contributed by atoms with E-state index in [4.69, 9.17) is 0 Å². The molecule has 1 aliphatic carbocycles. The molecule has 1 aromatic carbocycles. The van der Waals surface area contributed by atoms with Crippen LogP contribution in [0, 0.1) is 0 Å². The largest absolute Gasteiger partial charge is 0.393 e. The van der Waals surface area contributed by atoms with Crippen molar-refractivity contribution in [3.8, 4) is 0 Å². The van der Waals surface area contributed by atoms with Crippen molar-refractivity contribution in [2.75, 3.05) is 12.4 Å². The van der Waals surface area contributed by atoms with Crippen LogP contribution in [-0.4, -0.2) is 32.7 Å². The third-order valence-electron chi connectivity index (χ3n) is 3.47. The van der Waals surface area contributed by atoms with Crippen LogP contribution in [0.2, 0.25) is 0 Å². The number of aliphatic hydroxyl groups is 1. The molecule has 1 saturated carbocycles. The van der Waals surface area contributed by atoms with Crippen LogP contribution in [0.3, 0.4) is 0 Å². The van der Waals surface area contributed by atoms with Gasteiger partial charge in [0.1, 0.15) is 0 Å². The first kappa shape index (κ1) is 14.3. The van der Waals surface area contributed by atoms with E-state index in [1.807, 2.05) is 0 Å². The number of sulfonamides is 1. The third kappa shape index (κ3) is 3.68. The molecule has 0 radical (unpaired) electrons. The van der Waals surface area contributed by atoms with Gasteiger partial charge >= 0.3 is 0 Å². The van der Waals surface area contributed by atoms with Gasteiger partial charge in [0.25, 0.3) is 0 Å². The second-order valence-electron chi connectivity index (χ2n) is 4.90. The minimum Gasteiger partial charge on any atom is -0.393 e. The third-order valence-corrected chi connectivity index (χ3v) is 5.01. The van der Waals surface area contributed by atoms with Gasteiger partial charge in [0.05, 0.1) is 11.0 Å². The number of anilines is 1. The first-order valence-corrected chi connectivity index (χ1v) is 7.98. The number of hydrogen-bond donors (Lipinski definition) is 3. The van der Waals surface area contributed by atoms with Gasteiger partial charge in [-0.3, -0.25) is 0 Å². The molecule has 0 aliphatic heterocycles. The second kappa shape index (κ2) is 5.90. The molecule has 106 valence electrons. The average Bonchev–Trinajstić information content (AvgIpc) is 2.41. The van der Waals surface area contributed by atoms with Crippen molar-refractivity contribution in [2.45, 2.75) is 42.7 Å². The maximum absolute atomic E-state index is 12.2. The van der Waals surface area contributed by atoms with Gasteiger partial charge in [0, 0.05) is 18.8 Å². The van der Waals surface area contributed by atoms with Crippen LogP contribution < -0.4 is 10.0 Å². The van der Waals surface area contributed by atoms with Crippen molar-refractivity contribution in [3.63, 3.8) is 0 Å². The van der Waals surface area contributed by atoms with E-state index in [0.29, 0.717) is 25.7 Å². The van der Waals surface area contributed by atoms with Crippen molar-refractivity contribution >= 4 is 15.7 Å². The summed E-state index contributed by atoms with van der Waals surface area (Å²) in [6.07, 6.45) is 2.41. The summed E-state index contributed by atoms with van der Waals surface area (Å²) in [5.41, 5.74) is 0.875. The Morgan fingerprint density at radius 2 is 1.68 bits per heavy atom. The maximum Gasteiger partial charge on any atom is 0.240 e. The zero-order valence-corrected chi connectivity index (χ0v) is 11.8. The SMILES string of the molecule is CNc1ccc(S(=O)(=O)NC2CCC(O)CC2)cc1. The first-order chi connectivity index (χ1) is 9.01. The lowest BCUT2D eigenvalue weighted by Crippen LogP contribution is -2.38. The molecule has 6 heteroatoms. The molecule has 1 fully saturated rings. The second-order valence-corrected chi connectivity index (χ2v) is 6.62. The molecule has 5 nitrogen and oxygen atoms in total. The van der Waals surface area contributed by atoms with Crippen LogP contribution >= 0.6 is 0 Å². The van der Waals surface area contributed by atoms with E-state index in [2.05, 4.69) is 10.0 Å². The van der Waals surface area contributed by atoms with Gasteiger partial charge in [0.15, 0.2) is 0 Å². The zero-order valence-electron chi connectivity index (χ0n) is 11.0. The summed E-state index contributed by atoms with van der Waals surface area (Å²) in [5.74, 6) is 0. The topological polar surface area (TPSA) is 78.4 Å². The highest BCUT2D eigenvalue weighted by molar-refractivity contribution is 7.89. The summed E-state index contributed by atoms with van der Waals surface area (Å²) in [5, 5.41) is 12.4. The lowest BCUT2D eigenvalue weighted by atomic mass is 9.94. The molecule has 0 atom stereocenters. The fraction of sp³-hybridized carbons (Fsp3) is 0.538. The highest BCUT2D eigenvalue weighted by Gasteiger charge is 2.24. The summed E-state index contributed by atoms with van der Waals surface area (Å²) in [6.45, 7) is 0. The van der Waals surface area contributed by atoms with Gasteiger partial charge in [-0.1, -0.05) is 0 Å². The lowest BCUT2D eigenvalue weighted by Gasteiger charge is -2.25. The van der Waals surface area contributed by atoms with E-state index in [1.54, 1.807) is 31.3 Å². The van der Waals surface area contributed by atoms with E-state index in [1.165, 1.54) is 0 Å². The molecule has 3 N–H and O–H groups in total. The van der Waals surface area contributed by atoms with E-state index in [-0.39, 0.29) is 17.0 Å². The van der Waals surface area contributed by atoms with Gasteiger partial charge in [0.2, 0.25) is 10.0 Å². The summed E-state index contributed by atoms with van der Waals surface area (Å²) in [7, 11) is -1.67.